The van der Waals surface area contributed by atoms with Crippen molar-refractivity contribution in [2.24, 2.45) is 0 Å². The smallest absolute Gasteiger partial charge is 0.258 e. The standard InChI is InChI=1S/C10H12ClN3O2S/c1-6-8(14(15)16)9(13-10(11)12-6)17-7-4-2-3-5-7/h7H,2-5H2,1H3. The van der Waals surface area contributed by atoms with Gasteiger partial charge in [0.1, 0.15) is 5.69 Å². The van der Waals surface area contributed by atoms with E-state index in [9.17, 15) is 10.1 Å². The van der Waals surface area contributed by atoms with Crippen LogP contribution in [0.3, 0.4) is 0 Å². The number of rotatable bonds is 3. The van der Waals surface area contributed by atoms with Crippen molar-refractivity contribution in [3.8, 4) is 0 Å². The van der Waals surface area contributed by atoms with Crippen LogP contribution in [0.1, 0.15) is 31.4 Å². The third-order valence-electron chi connectivity index (χ3n) is 2.76. The molecule has 0 aromatic carbocycles. The van der Waals surface area contributed by atoms with E-state index in [0.29, 0.717) is 16.0 Å². The van der Waals surface area contributed by atoms with Gasteiger partial charge in [-0.25, -0.2) is 9.97 Å². The lowest BCUT2D eigenvalue weighted by atomic mass is 10.4. The van der Waals surface area contributed by atoms with Gasteiger partial charge in [-0.1, -0.05) is 24.6 Å². The zero-order valence-electron chi connectivity index (χ0n) is 9.35. The molecule has 1 saturated carbocycles. The van der Waals surface area contributed by atoms with Gasteiger partial charge in [0, 0.05) is 5.25 Å². The van der Waals surface area contributed by atoms with Crippen LogP contribution in [0.4, 0.5) is 5.69 Å². The van der Waals surface area contributed by atoms with Crippen molar-refractivity contribution >= 4 is 29.1 Å². The highest BCUT2D eigenvalue weighted by Gasteiger charge is 2.26. The lowest BCUT2D eigenvalue weighted by molar-refractivity contribution is -0.389. The lowest BCUT2D eigenvalue weighted by Crippen LogP contribution is -2.03. The predicted octanol–water partition coefficient (Wildman–Crippen LogP) is 3.38. The van der Waals surface area contributed by atoms with Crippen LogP contribution in [0.15, 0.2) is 5.03 Å². The third kappa shape index (κ3) is 2.87. The van der Waals surface area contributed by atoms with Gasteiger partial charge in [-0.3, -0.25) is 10.1 Å². The summed E-state index contributed by atoms with van der Waals surface area (Å²) in [6.07, 6.45) is 4.54. The predicted molar refractivity (Wildman–Crippen MR) is 66.5 cm³/mol. The first-order valence-corrected chi connectivity index (χ1v) is 6.69. The summed E-state index contributed by atoms with van der Waals surface area (Å²) in [5.74, 6) is 0. The first-order chi connectivity index (χ1) is 8.08. The van der Waals surface area contributed by atoms with Gasteiger partial charge in [-0.05, 0) is 31.4 Å². The van der Waals surface area contributed by atoms with Gasteiger partial charge in [0.2, 0.25) is 5.28 Å². The summed E-state index contributed by atoms with van der Waals surface area (Å²) in [7, 11) is 0. The Hall–Kier alpha value is -0.880. The largest absolute Gasteiger partial charge is 0.322 e. The molecule has 1 aliphatic carbocycles. The fraction of sp³-hybridized carbons (Fsp3) is 0.600. The Morgan fingerprint density at radius 2 is 2.06 bits per heavy atom. The Bertz CT molecular complexity index is 449. The average molecular weight is 274 g/mol. The first kappa shape index (κ1) is 12.6. The molecule has 0 amide bonds. The molecule has 0 N–H and O–H groups in total. The molecule has 1 aliphatic rings. The highest BCUT2D eigenvalue weighted by molar-refractivity contribution is 8.00. The van der Waals surface area contributed by atoms with Gasteiger partial charge in [0.25, 0.3) is 0 Å². The Labute approximate surface area is 108 Å². The van der Waals surface area contributed by atoms with Crippen LogP contribution in [-0.4, -0.2) is 20.1 Å². The van der Waals surface area contributed by atoms with Crippen LogP contribution in [0.2, 0.25) is 5.28 Å². The number of halogens is 1. The fourth-order valence-corrected chi connectivity index (χ4v) is 3.58. The van der Waals surface area contributed by atoms with Crippen LogP contribution >= 0.6 is 23.4 Å². The van der Waals surface area contributed by atoms with Crippen molar-refractivity contribution in [1.29, 1.82) is 0 Å². The zero-order chi connectivity index (χ0) is 12.4. The van der Waals surface area contributed by atoms with Crippen molar-refractivity contribution in [3.63, 3.8) is 0 Å². The number of aryl methyl sites for hydroxylation is 1. The van der Waals surface area contributed by atoms with Crippen LogP contribution in [0.25, 0.3) is 0 Å². The maximum atomic E-state index is 11.0. The highest BCUT2D eigenvalue weighted by Crippen LogP contribution is 2.38. The maximum Gasteiger partial charge on any atom is 0.322 e. The van der Waals surface area contributed by atoms with Crippen molar-refractivity contribution in [1.82, 2.24) is 9.97 Å². The number of aromatic nitrogens is 2. The topological polar surface area (TPSA) is 68.9 Å². The normalized spacial score (nSPS) is 16.4. The van der Waals surface area contributed by atoms with Gasteiger partial charge in [-0.2, -0.15) is 0 Å². The van der Waals surface area contributed by atoms with Crippen LogP contribution in [0.5, 0.6) is 0 Å². The quantitative estimate of drug-likeness (QED) is 0.365. The number of hydrogen-bond acceptors (Lipinski definition) is 5. The summed E-state index contributed by atoms with van der Waals surface area (Å²) >= 11 is 7.21. The highest BCUT2D eigenvalue weighted by atomic mass is 35.5. The molecule has 17 heavy (non-hydrogen) atoms. The fourth-order valence-electron chi connectivity index (χ4n) is 1.96. The molecule has 92 valence electrons. The molecule has 7 heteroatoms. The van der Waals surface area contributed by atoms with Crippen LogP contribution in [0, 0.1) is 17.0 Å². The zero-order valence-corrected chi connectivity index (χ0v) is 10.9. The van der Waals surface area contributed by atoms with E-state index in [4.69, 9.17) is 11.6 Å². The molecule has 1 aromatic heterocycles. The van der Waals surface area contributed by atoms with Crippen molar-refractivity contribution < 1.29 is 4.92 Å². The lowest BCUT2D eigenvalue weighted by Gasteiger charge is -2.09. The summed E-state index contributed by atoms with van der Waals surface area (Å²) < 4.78 is 0. The molecular formula is C10H12ClN3O2S. The van der Waals surface area contributed by atoms with E-state index in [1.54, 1.807) is 6.92 Å². The van der Waals surface area contributed by atoms with Gasteiger partial charge < -0.3 is 0 Å². The molecule has 1 fully saturated rings. The van der Waals surface area contributed by atoms with Crippen molar-refractivity contribution in [3.05, 3.63) is 21.1 Å². The third-order valence-corrected chi connectivity index (χ3v) is 4.24. The summed E-state index contributed by atoms with van der Waals surface area (Å²) in [6, 6.07) is 0. The van der Waals surface area contributed by atoms with Gasteiger partial charge in [0.15, 0.2) is 5.03 Å². The average Bonchev–Trinajstić information content (AvgIpc) is 2.68. The molecular weight excluding hydrogens is 262 g/mol. The van der Waals surface area contributed by atoms with Crippen LogP contribution < -0.4 is 0 Å². The first-order valence-electron chi connectivity index (χ1n) is 5.43. The van der Waals surface area contributed by atoms with E-state index in [2.05, 4.69) is 9.97 Å². The van der Waals surface area contributed by atoms with Crippen molar-refractivity contribution in [2.75, 3.05) is 0 Å². The summed E-state index contributed by atoms with van der Waals surface area (Å²) in [5, 5.41) is 11.9. The van der Waals surface area contributed by atoms with E-state index in [1.165, 1.54) is 24.6 Å². The van der Waals surface area contributed by atoms with Gasteiger partial charge in [0.05, 0.1) is 4.92 Å². The maximum absolute atomic E-state index is 11.0. The molecule has 0 bridgehead atoms. The Balaban J connectivity index is 2.32. The summed E-state index contributed by atoms with van der Waals surface area (Å²) in [5.41, 5.74) is 0.321. The Kier molecular flexibility index (Phi) is 3.83. The van der Waals surface area contributed by atoms with E-state index in [-0.39, 0.29) is 11.0 Å². The molecule has 1 heterocycles. The van der Waals surface area contributed by atoms with Gasteiger partial charge in [-0.15, -0.1) is 0 Å². The molecule has 0 aliphatic heterocycles. The Morgan fingerprint density at radius 3 is 2.65 bits per heavy atom. The molecule has 1 aromatic rings. The summed E-state index contributed by atoms with van der Waals surface area (Å²) in [6.45, 7) is 1.59. The molecule has 0 spiro atoms. The van der Waals surface area contributed by atoms with E-state index in [0.717, 1.165) is 12.8 Å². The molecule has 0 atom stereocenters. The van der Waals surface area contributed by atoms with Crippen molar-refractivity contribution in [2.45, 2.75) is 42.9 Å². The minimum Gasteiger partial charge on any atom is -0.258 e. The number of hydrogen-bond donors (Lipinski definition) is 0. The minimum absolute atomic E-state index is 0.00806. The molecule has 2 rings (SSSR count). The second-order valence-corrected chi connectivity index (χ2v) is 5.64. The monoisotopic (exact) mass is 273 g/mol. The second kappa shape index (κ2) is 5.18. The second-order valence-electron chi connectivity index (χ2n) is 4.01. The number of thioether (sulfide) groups is 1. The number of nitrogens with zero attached hydrogens (tertiary/aromatic N) is 3. The molecule has 0 radical (unpaired) electrons. The molecule has 5 nitrogen and oxygen atoms in total. The number of nitro groups is 1. The SMILES string of the molecule is Cc1nc(Cl)nc(SC2CCCC2)c1[N+](=O)[O-]. The summed E-state index contributed by atoms with van der Waals surface area (Å²) in [4.78, 5) is 18.4. The molecule has 0 unspecified atom stereocenters. The molecule has 0 saturated heterocycles. The van der Waals surface area contributed by atoms with E-state index in [1.807, 2.05) is 0 Å². The van der Waals surface area contributed by atoms with E-state index >= 15 is 0 Å². The van der Waals surface area contributed by atoms with Crippen LogP contribution in [-0.2, 0) is 0 Å². The minimum atomic E-state index is -0.428. The Morgan fingerprint density at radius 1 is 1.41 bits per heavy atom. The van der Waals surface area contributed by atoms with Gasteiger partial charge >= 0.3 is 5.69 Å². The van der Waals surface area contributed by atoms with E-state index < -0.39 is 4.92 Å².